The molecule has 0 spiro atoms. The lowest BCUT2D eigenvalue weighted by atomic mass is 9.85. The van der Waals surface area contributed by atoms with Gasteiger partial charge in [0, 0.05) is 58.7 Å². The minimum atomic E-state index is -2.95. The van der Waals surface area contributed by atoms with Crippen molar-refractivity contribution in [1.29, 1.82) is 0 Å². The molecule has 0 radical (unpaired) electrons. The van der Waals surface area contributed by atoms with E-state index < -0.39 is 80.3 Å². The van der Waals surface area contributed by atoms with Crippen molar-refractivity contribution in [3.8, 4) is 0 Å². The van der Waals surface area contributed by atoms with E-state index in [0.717, 1.165) is 6.08 Å². The molecule has 2 amide bonds. The fraction of sp³-hybridized carbons (Fsp3) is 0.562. The summed E-state index contributed by atoms with van der Waals surface area (Å²) >= 11 is 0. The van der Waals surface area contributed by atoms with E-state index in [1.807, 2.05) is 0 Å². The number of nitrogens with zero attached hydrogens (tertiary/aromatic N) is 1. The van der Waals surface area contributed by atoms with Crippen LogP contribution in [0.25, 0.3) is 0 Å². The van der Waals surface area contributed by atoms with Gasteiger partial charge in [0.2, 0.25) is 11.6 Å². The molecule has 0 aromatic rings. The Balaban J connectivity index is 2.61. The number of ketones is 2. The second-order valence-corrected chi connectivity index (χ2v) is 11.0. The Labute approximate surface area is 268 Å². The van der Waals surface area contributed by atoms with Crippen LogP contribution in [-0.4, -0.2) is 99.2 Å². The highest BCUT2D eigenvalue weighted by molar-refractivity contribution is 6.23. The predicted octanol–water partition coefficient (Wildman–Crippen LogP) is 1.91. The number of rotatable bonds is 7. The Hall–Kier alpha value is -3.58. The van der Waals surface area contributed by atoms with Crippen molar-refractivity contribution in [3.05, 3.63) is 58.5 Å². The minimum Gasteiger partial charge on any atom is -0.439 e. The van der Waals surface area contributed by atoms with E-state index in [4.69, 9.17) is 28.2 Å². The Morgan fingerprint density at radius 1 is 1.20 bits per heavy atom. The molecule has 1 heterocycles. The quantitative estimate of drug-likeness (QED) is 0.243. The molecule has 6 atom stereocenters. The van der Waals surface area contributed by atoms with Gasteiger partial charge in [0.15, 0.2) is 6.10 Å². The molecular formula is C32H48N4O8. The molecule has 244 valence electrons. The third-order valence-corrected chi connectivity index (χ3v) is 7.43. The molecule has 0 saturated carbocycles. The van der Waals surface area contributed by atoms with Crippen LogP contribution in [0.2, 0.25) is 0 Å². The zero-order valence-corrected chi connectivity index (χ0v) is 26.0. The summed E-state index contributed by atoms with van der Waals surface area (Å²) in [5, 5.41) is 16.6. The van der Waals surface area contributed by atoms with Crippen molar-refractivity contribution in [2.45, 2.75) is 65.0 Å². The summed E-state index contributed by atoms with van der Waals surface area (Å²) in [6.07, 6.45) is 2.54. The van der Waals surface area contributed by atoms with E-state index in [2.05, 4.69) is 10.6 Å². The first-order valence-electron chi connectivity index (χ1n) is 17.2. The molecule has 0 aromatic heterocycles. The third-order valence-electron chi connectivity index (χ3n) is 7.43. The summed E-state index contributed by atoms with van der Waals surface area (Å²) in [5.41, 5.74) is 5.53. The van der Waals surface area contributed by atoms with Gasteiger partial charge in [0.25, 0.3) is 5.91 Å². The lowest BCUT2D eigenvalue weighted by Gasteiger charge is -2.30. The SMILES string of the molecule is [2H]C([2H])([2H])N(CCNC1=C2C[C@@H](C)C[C@H](OC)[C@H](O)[C@@H](C)/C=C(\C)[C@H](OC(N)=O)[C@@H](OC)/C=C\C=C(/C)C(=O)NC(=CC1=O)C2=O)C([2H])([2H])[2H]. The highest BCUT2D eigenvalue weighted by Crippen LogP contribution is 2.28. The van der Waals surface area contributed by atoms with Gasteiger partial charge in [-0.2, -0.15) is 0 Å². The van der Waals surface area contributed by atoms with Crippen molar-refractivity contribution in [2.24, 2.45) is 17.6 Å². The van der Waals surface area contributed by atoms with Crippen LogP contribution in [0.3, 0.4) is 0 Å². The largest absolute Gasteiger partial charge is 0.439 e. The normalized spacial score (nSPS) is 33.5. The molecule has 2 bridgehead atoms. The molecule has 1 aliphatic carbocycles. The number of aliphatic hydroxyl groups excluding tert-OH is 1. The number of fused-ring (bicyclic) bond motifs is 2. The number of likely N-dealkylation sites (N-methyl/N-ethyl adjacent to an activating group) is 1. The van der Waals surface area contributed by atoms with Gasteiger partial charge in [-0.05, 0) is 52.1 Å². The Morgan fingerprint density at radius 2 is 1.91 bits per heavy atom. The van der Waals surface area contributed by atoms with Gasteiger partial charge in [-0.15, -0.1) is 0 Å². The van der Waals surface area contributed by atoms with Crippen molar-refractivity contribution in [1.82, 2.24) is 15.5 Å². The van der Waals surface area contributed by atoms with Crippen LogP contribution in [-0.2, 0) is 28.6 Å². The number of carbonyl (C=O) groups excluding carboxylic acids is 4. The third kappa shape index (κ3) is 10.3. The smallest absolute Gasteiger partial charge is 0.405 e. The molecule has 5 N–H and O–H groups in total. The van der Waals surface area contributed by atoms with Gasteiger partial charge in [-0.25, -0.2) is 4.79 Å². The van der Waals surface area contributed by atoms with E-state index in [-0.39, 0.29) is 41.9 Å². The fourth-order valence-electron chi connectivity index (χ4n) is 5.07. The number of hydrogen-bond acceptors (Lipinski definition) is 10. The highest BCUT2D eigenvalue weighted by atomic mass is 16.6. The number of Topliss-reactive ketones (excluding diaryl/α,β-unsaturated/α-hetero) is 1. The van der Waals surface area contributed by atoms with Crippen LogP contribution in [0.15, 0.2) is 58.5 Å². The zero-order valence-electron chi connectivity index (χ0n) is 32.0. The molecule has 2 aliphatic rings. The van der Waals surface area contributed by atoms with E-state index in [0.29, 0.717) is 10.5 Å². The number of ether oxygens (including phenoxy) is 3. The number of aliphatic hydroxyl groups is 1. The van der Waals surface area contributed by atoms with E-state index in [1.165, 1.54) is 39.4 Å². The van der Waals surface area contributed by atoms with Crippen LogP contribution in [0, 0.1) is 11.8 Å². The Kier molecular flexibility index (Phi) is 10.8. The lowest BCUT2D eigenvalue weighted by molar-refractivity contribution is -0.120. The number of nitrogens with one attached hydrogen (secondary N) is 2. The first-order chi connectivity index (χ1) is 23.1. The number of amides is 2. The molecule has 12 heteroatoms. The van der Waals surface area contributed by atoms with E-state index >= 15 is 0 Å². The molecule has 2 rings (SSSR count). The van der Waals surface area contributed by atoms with Crippen LogP contribution >= 0.6 is 0 Å². The minimum absolute atomic E-state index is 0.0171. The Bertz CT molecular complexity index is 1420. The number of allylic oxidation sites excluding steroid dienone is 4. The van der Waals surface area contributed by atoms with Crippen molar-refractivity contribution >= 4 is 23.6 Å². The van der Waals surface area contributed by atoms with E-state index in [9.17, 15) is 24.3 Å². The highest BCUT2D eigenvalue weighted by Gasteiger charge is 2.33. The summed E-state index contributed by atoms with van der Waals surface area (Å²) in [4.78, 5) is 52.5. The summed E-state index contributed by atoms with van der Waals surface area (Å²) in [6.45, 7) is -0.0539. The second kappa shape index (κ2) is 17.0. The summed E-state index contributed by atoms with van der Waals surface area (Å²) in [7, 11) is 2.81. The molecule has 12 nitrogen and oxygen atoms in total. The molecule has 44 heavy (non-hydrogen) atoms. The number of carbonyl (C=O) groups is 4. The van der Waals surface area contributed by atoms with Gasteiger partial charge in [-0.1, -0.05) is 38.2 Å². The van der Waals surface area contributed by atoms with Crippen LogP contribution in [0.1, 0.15) is 48.8 Å². The van der Waals surface area contributed by atoms with Crippen LogP contribution in [0.4, 0.5) is 4.79 Å². The monoisotopic (exact) mass is 622 g/mol. The van der Waals surface area contributed by atoms with Crippen molar-refractivity contribution in [2.75, 3.05) is 41.3 Å². The maximum absolute atomic E-state index is 13.8. The first-order valence-corrected chi connectivity index (χ1v) is 14.2. The summed E-state index contributed by atoms with van der Waals surface area (Å²) in [6, 6.07) is 0. The van der Waals surface area contributed by atoms with Crippen molar-refractivity contribution in [3.63, 3.8) is 0 Å². The Morgan fingerprint density at radius 3 is 2.52 bits per heavy atom. The second-order valence-electron chi connectivity index (χ2n) is 11.0. The average molecular weight is 623 g/mol. The van der Waals surface area contributed by atoms with Crippen LogP contribution < -0.4 is 16.4 Å². The lowest BCUT2D eigenvalue weighted by Crippen LogP contribution is -2.38. The zero-order chi connectivity index (χ0) is 38.1. The number of methoxy groups -OCH3 is 2. The molecule has 0 saturated heterocycles. The number of nitrogens with two attached hydrogens (primary N) is 1. The number of primary amides is 1. The molecule has 1 aliphatic heterocycles. The van der Waals surface area contributed by atoms with Gasteiger partial charge >= 0.3 is 6.09 Å². The molecule has 0 fully saturated rings. The van der Waals surface area contributed by atoms with E-state index in [1.54, 1.807) is 26.8 Å². The van der Waals surface area contributed by atoms with Gasteiger partial charge in [0.05, 0.1) is 23.6 Å². The van der Waals surface area contributed by atoms with Gasteiger partial charge in [-0.3, -0.25) is 14.4 Å². The topological polar surface area (TPSA) is 170 Å². The van der Waals surface area contributed by atoms with Gasteiger partial charge < -0.3 is 40.6 Å². The predicted molar refractivity (Wildman–Crippen MR) is 166 cm³/mol. The molecular weight excluding hydrogens is 568 g/mol. The summed E-state index contributed by atoms with van der Waals surface area (Å²) < 4.78 is 62.1. The standard InChI is InChI=1S/C32H48N4O8/c1-18-14-22-27(34-12-13-36(5)6)24(37)17-23(29(22)39)35-31(40)19(2)10-9-11-25(42-7)30(44-32(33)41)21(4)16-20(3)28(38)26(15-18)43-8/h9-11,16-18,20,25-26,28,30,34,38H,12-15H2,1-8H3,(H2,33,41)(H,35,40)/b11-9-,19-10+,21-16+/t18-,20+,25+,26+,28-,30+/m1/s1/i5D3,6D3. The van der Waals surface area contributed by atoms with Crippen molar-refractivity contribution < 1.29 is 46.7 Å². The van der Waals surface area contributed by atoms with Gasteiger partial charge in [0.1, 0.15) is 6.10 Å². The number of hydrogen-bond donors (Lipinski definition) is 4. The maximum Gasteiger partial charge on any atom is 0.405 e. The van der Waals surface area contributed by atoms with Crippen LogP contribution in [0.5, 0.6) is 0 Å². The first kappa shape index (κ1) is 27.9. The average Bonchev–Trinajstić information content (AvgIpc) is 3.00. The molecule has 0 aromatic carbocycles. The maximum atomic E-state index is 13.8. The molecule has 0 unspecified atom stereocenters. The summed E-state index contributed by atoms with van der Waals surface area (Å²) in [5.74, 6) is -3.00. The fourth-order valence-corrected chi connectivity index (χ4v) is 5.07.